The third-order valence-electron chi connectivity index (χ3n) is 5.15. The molecule has 0 saturated carbocycles. The first-order valence-electron chi connectivity index (χ1n) is 10.4. The van der Waals surface area contributed by atoms with E-state index < -0.39 is 23.8 Å². The second kappa shape index (κ2) is 8.62. The van der Waals surface area contributed by atoms with Crippen LogP contribution in [0.5, 0.6) is 5.75 Å². The van der Waals surface area contributed by atoms with E-state index in [1.54, 1.807) is 31.7 Å². The van der Waals surface area contributed by atoms with E-state index >= 15 is 0 Å². The normalized spacial score (nSPS) is 14.9. The van der Waals surface area contributed by atoms with Crippen molar-refractivity contribution in [3.63, 3.8) is 0 Å². The SMILES string of the molecule is CC(C)(C)OC(=O)N1CC(c2nn(-c3ccc(OC(F)(F)F)cc3Cl)c3nccc(CO)c23)C1. The Balaban J connectivity index is 1.69. The molecule has 8 nitrogen and oxygen atoms in total. The summed E-state index contributed by atoms with van der Waals surface area (Å²) >= 11 is 6.27. The van der Waals surface area contributed by atoms with E-state index in [2.05, 4.69) is 14.8 Å². The predicted octanol–water partition coefficient (Wildman–Crippen LogP) is 4.80. The number of fused-ring (bicyclic) bond motifs is 1. The molecular formula is C22H22ClF3N4O4. The number of ether oxygens (including phenoxy) is 2. The minimum atomic E-state index is -4.85. The van der Waals surface area contributed by atoms with Gasteiger partial charge in [0.05, 0.1) is 23.0 Å². The molecule has 3 aromatic rings. The summed E-state index contributed by atoms with van der Waals surface area (Å²) in [6, 6.07) is 5.18. The molecule has 1 fully saturated rings. The van der Waals surface area contributed by atoms with Crippen molar-refractivity contribution in [2.75, 3.05) is 13.1 Å². The van der Waals surface area contributed by atoms with Crippen LogP contribution in [0.15, 0.2) is 30.5 Å². The number of halogens is 4. The molecule has 1 aliphatic heterocycles. The second-order valence-corrected chi connectivity index (χ2v) is 9.27. The number of aromatic nitrogens is 3. The maximum Gasteiger partial charge on any atom is 0.573 e. The summed E-state index contributed by atoms with van der Waals surface area (Å²) < 4.78 is 48.4. The number of nitrogens with zero attached hydrogens (tertiary/aromatic N) is 4. The lowest BCUT2D eigenvalue weighted by Crippen LogP contribution is -2.50. The first-order chi connectivity index (χ1) is 15.9. The molecular weight excluding hydrogens is 477 g/mol. The van der Waals surface area contributed by atoms with E-state index in [0.717, 1.165) is 12.1 Å². The average Bonchev–Trinajstić information content (AvgIpc) is 3.03. The maximum absolute atomic E-state index is 12.6. The molecule has 1 N–H and O–H groups in total. The van der Waals surface area contributed by atoms with Crippen LogP contribution in [-0.4, -0.2) is 55.9 Å². The van der Waals surface area contributed by atoms with Crippen molar-refractivity contribution in [2.45, 2.75) is 45.3 Å². The number of pyridine rings is 1. The summed E-state index contributed by atoms with van der Waals surface area (Å²) in [7, 11) is 0. The van der Waals surface area contributed by atoms with Crippen LogP contribution in [0.1, 0.15) is 37.9 Å². The summed E-state index contributed by atoms with van der Waals surface area (Å²) in [6.45, 7) is 5.79. The molecule has 34 heavy (non-hydrogen) atoms. The topological polar surface area (TPSA) is 89.7 Å². The molecule has 1 aromatic carbocycles. The van der Waals surface area contributed by atoms with Gasteiger partial charge in [0.1, 0.15) is 11.4 Å². The van der Waals surface area contributed by atoms with Crippen LogP contribution >= 0.6 is 11.6 Å². The number of hydrogen-bond donors (Lipinski definition) is 1. The molecule has 2 aromatic heterocycles. The van der Waals surface area contributed by atoms with Gasteiger partial charge in [-0.1, -0.05) is 11.6 Å². The summed E-state index contributed by atoms with van der Waals surface area (Å²) in [4.78, 5) is 18.2. The highest BCUT2D eigenvalue weighted by molar-refractivity contribution is 6.32. The summed E-state index contributed by atoms with van der Waals surface area (Å²) in [5.41, 5.74) is 1.22. The Hall–Kier alpha value is -3.05. The minimum Gasteiger partial charge on any atom is -0.444 e. The van der Waals surface area contributed by atoms with E-state index in [0.29, 0.717) is 41.1 Å². The lowest BCUT2D eigenvalue weighted by atomic mass is 9.93. The van der Waals surface area contributed by atoms with E-state index in [1.165, 1.54) is 16.9 Å². The highest BCUT2D eigenvalue weighted by Crippen LogP contribution is 2.37. The van der Waals surface area contributed by atoms with Crippen molar-refractivity contribution in [1.29, 1.82) is 0 Å². The van der Waals surface area contributed by atoms with Gasteiger partial charge < -0.3 is 19.5 Å². The van der Waals surface area contributed by atoms with Crippen LogP contribution in [0.3, 0.4) is 0 Å². The van der Waals surface area contributed by atoms with Gasteiger partial charge in [-0.25, -0.2) is 14.5 Å². The van der Waals surface area contributed by atoms with Gasteiger partial charge >= 0.3 is 12.5 Å². The molecule has 0 radical (unpaired) electrons. The fourth-order valence-electron chi connectivity index (χ4n) is 3.70. The molecule has 182 valence electrons. The fourth-order valence-corrected chi connectivity index (χ4v) is 3.95. The molecule has 12 heteroatoms. The number of amides is 1. The van der Waals surface area contributed by atoms with Crippen molar-refractivity contribution >= 4 is 28.7 Å². The van der Waals surface area contributed by atoms with Gasteiger partial charge in [-0.15, -0.1) is 13.2 Å². The van der Waals surface area contributed by atoms with Gasteiger partial charge in [-0.2, -0.15) is 5.10 Å². The number of alkyl halides is 3. The highest BCUT2D eigenvalue weighted by Gasteiger charge is 2.38. The van der Waals surface area contributed by atoms with Crippen molar-refractivity contribution in [1.82, 2.24) is 19.7 Å². The number of benzene rings is 1. The van der Waals surface area contributed by atoms with Crippen LogP contribution in [0.2, 0.25) is 5.02 Å². The third kappa shape index (κ3) is 4.90. The number of aliphatic hydroxyl groups excluding tert-OH is 1. The van der Waals surface area contributed by atoms with Gasteiger partial charge in [-0.3, -0.25) is 0 Å². The zero-order valence-corrected chi connectivity index (χ0v) is 19.3. The Kier molecular flexibility index (Phi) is 6.11. The van der Waals surface area contributed by atoms with Crippen LogP contribution < -0.4 is 4.74 Å². The quantitative estimate of drug-likeness (QED) is 0.556. The molecule has 1 aliphatic rings. The Morgan fingerprint density at radius 2 is 1.94 bits per heavy atom. The lowest BCUT2D eigenvalue weighted by molar-refractivity contribution is -0.274. The third-order valence-corrected chi connectivity index (χ3v) is 5.46. The van der Waals surface area contributed by atoms with E-state index in [9.17, 15) is 23.1 Å². The smallest absolute Gasteiger partial charge is 0.444 e. The highest BCUT2D eigenvalue weighted by atomic mass is 35.5. The van der Waals surface area contributed by atoms with Crippen LogP contribution in [0.25, 0.3) is 16.7 Å². The monoisotopic (exact) mass is 498 g/mol. The van der Waals surface area contributed by atoms with E-state index in [-0.39, 0.29) is 17.5 Å². The van der Waals surface area contributed by atoms with Crippen molar-refractivity contribution in [3.05, 3.63) is 46.7 Å². The zero-order valence-electron chi connectivity index (χ0n) is 18.6. The Labute approximate surface area is 197 Å². The van der Waals surface area contributed by atoms with E-state index in [1.807, 2.05) is 0 Å². The van der Waals surface area contributed by atoms with Gasteiger partial charge in [0.2, 0.25) is 0 Å². The number of hydrogen-bond acceptors (Lipinski definition) is 6. The minimum absolute atomic E-state index is 0.0297. The molecule has 0 bridgehead atoms. The number of carbonyl (C=O) groups excluding carboxylic acids is 1. The summed E-state index contributed by atoms with van der Waals surface area (Å²) in [5.74, 6) is -0.619. The Bertz CT molecular complexity index is 1230. The van der Waals surface area contributed by atoms with Gasteiger partial charge in [-0.05, 0) is 44.5 Å². The predicted molar refractivity (Wildman–Crippen MR) is 117 cm³/mol. The number of carbonyl (C=O) groups is 1. The lowest BCUT2D eigenvalue weighted by Gasteiger charge is -2.39. The Morgan fingerprint density at radius 3 is 2.53 bits per heavy atom. The van der Waals surface area contributed by atoms with Crippen LogP contribution in [0.4, 0.5) is 18.0 Å². The summed E-state index contributed by atoms with van der Waals surface area (Å²) in [6.07, 6.45) is -3.78. The zero-order chi connectivity index (χ0) is 24.8. The summed E-state index contributed by atoms with van der Waals surface area (Å²) in [5, 5.41) is 15.1. The molecule has 0 spiro atoms. The molecule has 1 amide bonds. The maximum atomic E-state index is 12.6. The van der Waals surface area contributed by atoms with E-state index in [4.69, 9.17) is 16.3 Å². The first-order valence-corrected chi connectivity index (χ1v) is 10.7. The largest absolute Gasteiger partial charge is 0.573 e. The van der Waals surface area contributed by atoms with Crippen LogP contribution in [0, 0.1) is 0 Å². The number of likely N-dealkylation sites (tertiary alicyclic amines) is 1. The van der Waals surface area contributed by atoms with Crippen molar-refractivity contribution < 1.29 is 32.5 Å². The van der Waals surface area contributed by atoms with Crippen LogP contribution in [-0.2, 0) is 11.3 Å². The fraction of sp³-hybridized carbons (Fsp3) is 0.409. The molecule has 4 rings (SSSR count). The van der Waals surface area contributed by atoms with Crippen molar-refractivity contribution in [2.24, 2.45) is 0 Å². The Morgan fingerprint density at radius 1 is 1.24 bits per heavy atom. The number of aliphatic hydroxyl groups is 1. The molecule has 0 atom stereocenters. The van der Waals surface area contributed by atoms with Gasteiger partial charge in [0.25, 0.3) is 0 Å². The molecule has 3 heterocycles. The standard InChI is InChI=1S/C22H22ClF3N4O4/c1-21(2,3)34-20(32)29-9-13(10-29)18-17-12(11-31)6-7-27-19(17)30(28-18)16-5-4-14(8-15(16)23)33-22(24,25)26/h4-8,13,31H,9-11H2,1-3H3. The average molecular weight is 499 g/mol. The second-order valence-electron chi connectivity index (χ2n) is 8.87. The van der Waals surface area contributed by atoms with Crippen molar-refractivity contribution in [3.8, 4) is 11.4 Å². The molecule has 0 aliphatic carbocycles. The number of rotatable bonds is 4. The first kappa shape index (κ1) is 24.1. The van der Waals surface area contributed by atoms with Gasteiger partial charge in [0, 0.05) is 36.7 Å². The molecule has 1 saturated heterocycles. The van der Waals surface area contributed by atoms with Gasteiger partial charge in [0.15, 0.2) is 5.65 Å². The molecule has 0 unspecified atom stereocenters.